The quantitative estimate of drug-likeness (QED) is 0.347. The molecule has 0 spiro atoms. The number of hydrogen-bond donors (Lipinski definition) is 1. The highest BCUT2D eigenvalue weighted by Crippen LogP contribution is 2.28. The summed E-state index contributed by atoms with van der Waals surface area (Å²) in [5, 5.41) is 2.81. The molecule has 1 atom stereocenters. The van der Waals surface area contributed by atoms with Crippen LogP contribution in [0.25, 0.3) is 0 Å². The number of nitrogens with zero attached hydrogens (tertiary/aromatic N) is 1. The van der Waals surface area contributed by atoms with E-state index in [1.165, 1.54) is 12.1 Å². The third-order valence-corrected chi connectivity index (χ3v) is 6.32. The van der Waals surface area contributed by atoms with Crippen LogP contribution in [0.2, 0.25) is 0 Å². The molecular formula is C27H23BrN2O5. The predicted molar refractivity (Wildman–Crippen MR) is 135 cm³/mol. The van der Waals surface area contributed by atoms with E-state index in [-0.39, 0.29) is 36.2 Å². The number of para-hydroxylation sites is 1. The lowest BCUT2D eigenvalue weighted by atomic mass is 10.1. The minimum atomic E-state index is -0.636. The van der Waals surface area contributed by atoms with Crippen LogP contribution >= 0.6 is 15.9 Å². The monoisotopic (exact) mass is 534 g/mol. The maximum Gasteiger partial charge on any atom is 0.338 e. The largest absolute Gasteiger partial charge is 0.454 e. The van der Waals surface area contributed by atoms with Gasteiger partial charge >= 0.3 is 5.97 Å². The lowest BCUT2D eigenvalue weighted by Gasteiger charge is -2.19. The van der Waals surface area contributed by atoms with Crippen LogP contribution in [0.1, 0.15) is 32.7 Å². The van der Waals surface area contributed by atoms with Crippen LogP contribution in [0, 0.1) is 12.8 Å². The number of halogens is 1. The standard InChI is InChI=1S/C27H23BrN2O5/c1-17-4-2-3-5-23(17)30-15-20(14-25(30)32)26(33)29-22-12-8-19(9-13-22)27(34)35-16-24(31)18-6-10-21(28)11-7-18/h2-13,20H,14-16H2,1H3,(H,29,33)/t20-/m0/s1. The fourth-order valence-electron chi connectivity index (χ4n) is 3.85. The van der Waals surface area contributed by atoms with Crippen molar-refractivity contribution in [2.45, 2.75) is 13.3 Å². The molecule has 3 aromatic carbocycles. The van der Waals surface area contributed by atoms with Gasteiger partial charge in [-0.2, -0.15) is 0 Å². The number of anilines is 2. The number of aryl methyl sites for hydroxylation is 1. The summed E-state index contributed by atoms with van der Waals surface area (Å²) in [6.45, 7) is 1.87. The number of esters is 1. The van der Waals surface area contributed by atoms with Gasteiger partial charge in [0.25, 0.3) is 0 Å². The van der Waals surface area contributed by atoms with Gasteiger partial charge in [-0.1, -0.05) is 46.3 Å². The molecule has 1 N–H and O–H groups in total. The molecule has 1 heterocycles. The van der Waals surface area contributed by atoms with E-state index >= 15 is 0 Å². The number of amides is 2. The van der Waals surface area contributed by atoms with Crippen molar-refractivity contribution in [3.05, 3.63) is 94.0 Å². The Balaban J connectivity index is 1.31. The van der Waals surface area contributed by atoms with E-state index in [2.05, 4.69) is 21.2 Å². The first-order valence-electron chi connectivity index (χ1n) is 11.0. The Bertz CT molecular complexity index is 1270. The summed E-state index contributed by atoms with van der Waals surface area (Å²) < 4.78 is 5.97. The molecule has 0 unspecified atom stereocenters. The molecular weight excluding hydrogens is 512 g/mol. The van der Waals surface area contributed by atoms with Gasteiger partial charge < -0.3 is 15.0 Å². The minimum Gasteiger partial charge on any atom is -0.454 e. The highest BCUT2D eigenvalue weighted by molar-refractivity contribution is 9.10. The molecule has 0 aromatic heterocycles. The van der Waals surface area contributed by atoms with Crippen LogP contribution in [0.4, 0.5) is 11.4 Å². The zero-order valence-electron chi connectivity index (χ0n) is 19.0. The highest BCUT2D eigenvalue weighted by atomic mass is 79.9. The fraction of sp³-hybridized carbons (Fsp3) is 0.185. The SMILES string of the molecule is Cc1ccccc1N1C[C@@H](C(=O)Nc2ccc(C(=O)OCC(=O)c3ccc(Br)cc3)cc2)CC1=O. The van der Waals surface area contributed by atoms with E-state index in [1.807, 2.05) is 31.2 Å². The molecule has 35 heavy (non-hydrogen) atoms. The van der Waals surface area contributed by atoms with Gasteiger partial charge in [0.05, 0.1) is 11.5 Å². The summed E-state index contributed by atoms with van der Waals surface area (Å²) in [6, 6.07) is 20.6. The molecule has 7 nitrogen and oxygen atoms in total. The second kappa shape index (κ2) is 10.7. The molecule has 2 amide bonds. The van der Waals surface area contributed by atoms with Gasteiger partial charge in [-0.05, 0) is 55.0 Å². The number of rotatable bonds is 7. The van der Waals surface area contributed by atoms with Crippen LogP contribution < -0.4 is 10.2 Å². The van der Waals surface area contributed by atoms with Crippen LogP contribution in [0.15, 0.2) is 77.3 Å². The number of ether oxygens (including phenoxy) is 1. The number of benzene rings is 3. The zero-order valence-corrected chi connectivity index (χ0v) is 20.6. The molecule has 8 heteroatoms. The van der Waals surface area contributed by atoms with Crippen molar-refractivity contribution in [3.8, 4) is 0 Å². The molecule has 0 saturated carbocycles. The van der Waals surface area contributed by atoms with Gasteiger partial charge in [0.1, 0.15) is 0 Å². The molecule has 0 bridgehead atoms. The summed E-state index contributed by atoms with van der Waals surface area (Å²) >= 11 is 3.30. The first-order valence-corrected chi connectivity index (χ1v) is 11.8. The van der Waals surface area contributed by atoms with Crippen molar-refractivity contribution in [2.24, 2.45) is 5.92 Å². The first kappa shape index (κ1) is 24.3. The summed E-state index contributed by atoms with van der Waals surface area (Å²) in [5.74, 6) is -1.76. The highest BCUT2D eigenvalue weighted by Gasteiger charge is 2.35. The molecule has 0 aliphatic carbocycles. The molecule has 178 valence electrons. The van der Waals surface area contributed by atoms with Crippen molar-refractivity contribution in [3.63, 3.8) is 0 Å². The second-order valence-electron chi connectivity index (χ2n) is 8.26. The molecule has 1 fully saturated rings. The van der Waals surface area contributed by atoms with E-state index in [0.717, 1.165) is 15.7 Å². The van der Waals surface area contributed by atoms with Gasteiger partial charge in [0.2, 0.25) is 11.8 Å². The van der Waals surface area contributed by atoms with Crippen molar-refractivity contribution in [2.75, 3.05) is 23.4 Å². The number of carbonyl (C=O) groups excluding carboxylic acids is 4. The Labute approximate surface area is 211 Å². The van der Waals surface area contributed by atoms with Crippen molar-refractivity contribution in [1.82, 2.24) is 0 Å². The Morgan fingerprint density at radius 2 is 1.63 bits per heavy atom. The van der Waals surface area contributed by atoms with Crippen LogP contribution in [-0.4, -0.2) is 36.7 Å². The normalized spacial score (nSPS) is 15.1. The number of nitrogens with one attached hydrogen (secondary N) is 1. The second-order valence-corrected chi connectivity index (χ2v) is 9.18. The third-order valence-electron chi connectivity index (χ3n) is 5.79. The maximum atomic E-state index is 12.8. The first-order chi connectivity index (χ1) is 16.8. The Morgan fingerprint density at radius 1 is 0.971 bits per heavy atom. The average Bonchev–Trinajstić information content (AvgIpc) is 3.25. The van der Waals surface area contributed by atoms with Crippen molar-refractivity contribution in [1.29, 1.82) is 0 Å². The summed E-state index contributed by atoms with van der Waals surface area (Å²) in [6.07, 6.45) is 0.136. The lowest BCUT2D eigenvalue weighted by Crippen LogP contribution is -2.28. The number of carbonyl (C=O) groups is 4. The lowest BCUT2D eigenvalue weighted by molar-refractivity contribution is -0.122. The van der Waals surface area contributed by atoms with Crippen LogP contribution in [0.5, 0.6) is 0 Å². The Hall–Kier alpha value is -3.78. The van der Waals surface area contributed by atoms with Gasteiger partial charge in [0.15, 0.2) is 12.4 Å². The predicted octanol–water partition coefficient (Wildman–Crippen LogP) is 4.79. The molecule has 1 saturated heterocycles. The summed E-state index contributed by atoms with van der Waals surface area (Å²) in [7, 11) is 0. The van der Waals surface area contributed by atoms with E-state index in [4.69, 9.17) is 4.74 Å². The maximum absolute atomic E-state index is 12.8. The molecule has 0 radical (unpaired) electrons. The van der Waals surface area contributed by atoms with Crippen molar-refractivity contribution >= 4 is 50.9 Å². The Kier molecular flexibility index (Phi) is 7.41. The van der Waals surface area contributed by atoms with Gasteiger partial charge in [-0.15, -0.1) is 0 Å². The fourth-order valence-corrected chi connectivity index (χ4v) is 4.11. The van der Waals surface area contributed by atoms with Crippen LogP contribution in [0.3, 0.4) is 0 Å². The van der Waals surface area contributed by atoms with E-state index < -0.39 is 11.9 Å². The smallest absolute Gasteiger partial charge is 0.338 e. The summed E-state index contributed by atoms with van der Waals surface area (Å²) in [5.41, 5.74) is 3.00. The summed E-state index contributed by atoms with van der Waals surface area (Å²) in [4.78, 5) is 51.4. The minimum absolute atomic E-state index is 0.0878. The van der Waals surface area contributed by atoms with E-state index in [9.17, 15) is 19.2 Å². The zero-order chi connectivity index (χ0) is 24.9. The Morgan fingerprint density at radius 3 is 2.31 bits per heavy atom. The third kappa shape index (κ3) is 5.84. The molecule has 1 aliphatic heterocycles. The topological polar surface area (TPSA) is 92.8 Å². The number of Topliss-reactive ketones (excluding diaryl/α,β-unsaturated/α-hetero) is 1. The van der Waals surface area contributed by atoms with E-state index in [0.29, 0.717) is 17.8 Å². The average molecular weight is 535 g/mol. The van der Waals surface area contributed by atoms with Gasteiger partial charge in [-0.3, -0.25) is 14.4 Å². The van der Waals surface area contributed by atoms with Crippen LogP contribution in [-0.2, 0) is 14.3 Å². The molecule has 3 aromatic rings. The van der Waals surface area contributed by atoms with Gasteiger partial charge in [0, 0.05) is 34.4 Å². The van der Waals surface area contributed by atoms with E-state index in [1.54, 1.807) is 41.3 Å². The molecule has 1 aliphatic rings. The molecule has 4 rings (SSSR count). The van der Waals surface area contributed by atoms with Gasteiger partial charge in [-0.25, -0.2) is 4.79 Å². The van der Waals surface area contributed by atoms with Crippen molar-refractivity contribution < 1.29 is 23.9 Å². The number of hydrogen-bond acceptors (Lipinski definition) is 5. The number of ketones is 1.